The van der Waals surface area contributed by atoms with E-state index in [0.29, 0.717) is 5.70 Å². The Balaban J connectivity index is 1.92. The fourth-order valence-electron chi connectivity index (χ4n) is 2.38. The first-order valence-electron chi connectivity index (χ1n) is 8.06. The first kappa shape index (κ1) is 17.6. The smallest absolute Gasteiger partial charge is 0.293 e. The summed E-state index contributed by atoms with van der Waals surface area (Å²) < 4.78 is 5.88. The van der Waals surface area contributed by atoms with E-state index >= 15 is 0 Å². The number of rotatable bonds is 7. The van der Waals surface area contributed by atoms with E-state index in [4.69, 9.17) is 4.74 Å². The fraction of sp³-hybridized carbons (Fsp3) is 0.0476. The molecule has 0 bridgehead atoms. The van der Waals surface area contributed by atoms with E-state index in [0.717, 1.165) is 16.1 Å². The molecule has 0 aliphatic rings. The summed E-state index contributed by atoms with van der Waals surface area (Å²) in [7, 11) is 0. The van der Waals surface area contributed by atoms with Crippen molar-refractivity contribution in [1.82, 2.24) is 0 Å². The summed E-state index contributed by atoms with van der Waals surface area (Å²) in [5.41, 5.74) is 2.15. The molecule has 0 radical (unpaired) electrons. The lowest BCUT2D eigenvalue weighted by molar-refractivity contribution is -0.116. The highest BCUT2D eigenvalue weighted by Crippen LogP contribution is 2.24. The van der Waals surface area contributed by atoms with Crippen LogP contribution in [0.4, 0.5) is 5.00 Å². The SMILES string of the molecule is C=N/C(=C(\OCc1ccccc1)C(=O)Nc1cccs1)c1ccccc1. The third kappa shape index (κ3) is 4.46. The lowest BCUT2D eigenvalue weighted by Gasteiger charge is -2.14. The Kier molecular flexibility index (Phi) is 5.96. The quantitative estimate of drug-likeness (QED) is 0.366. The van der Waals surface area contributed by atoms with Crippen LogP contribution < -0.4 is 5.32 Å². The normalized spacial score (nSPS) is 11.4. The maximum absolute atomic E-state index is 12.8. The number of ether oxygens (including phenoxy) is 1. The van der Waals surface area contributed by atoms with Crippen molar-refractivity contribution in [2.45, 2.75) is 6.61 Å². The second-order valence-electron chi connectivity index (χ2n) is 5.41. The van der Waals surface area contributed by atoms with Gasteiger partial charge in [0.25, 0.3) is 5.91 Å². The maximum Gasteiger partial charge on any atom is 0.293 e. The highest BCUT2D eigenvalue weighted by atomic mass is 32.1. The number of nitrogens with zero attached hydrogens (tertiary/aromatic N) is 1. The lowest BCUT2D eigenvalue weighted by Crippen LogP contribution is -2.17. The van der Waals surface area contributed by atoms with Crippen molar-refractivity contribution in [1.29, 1.82) is 0 Å². The Morgan fingerprint density at radius 2 is 1.69 bits per heavy atom. The van der Waals surface area contributed by atoms with E-state index < -0.39 is 0 Å². The van der Waals surface area contributed by atoms with Crippen LogP contribution in [-0.2, 0) is 16.1 Å². The van der Waals surface area contributed by atoms with Crippen molar-refractivity contribution in [3.8, 4) is 0 Å². The van der Waals surface area contributed by atoms with Crippen LogP contribution in [0, 0.1) is 0 Å². The lowest BCUT2D eigenvalue weighted by atomic mass is 10.1. The van der Waals surface area contributed by atoms with Gasteiger partial charge in [0.15, 0.2) is 0 Å². The molecular weight excluding hydrogens is 344 g/mol. The second-order valence-corrected chi connectivity index (χ2v) is 6.36. The number of carbonyl (C=O) groups excluding carboxylic acids is 1. The standard InChI is InChI=1S/C21H18N2O2S/c1-22-19(17-11-6-3-7-12-17)20(21(24)23-18-13-8-14-26-18)25-15-16-9-4-2-5-10-16/h2-14H,1,15H2,(H,23,24)/b20-19-. The zero-order valence-electron chi connectivity index (χ0n) is 14.1. The summed E-state index contributed by atoms with van der Waals surface area (Å²) in [5, 5.41) is 5.49. The van der Waals surface area contributed by atoms with Gasteiger partial charge in [-0.1, -0.05) is 60.7 Å². The molecule has 1 aromatic heterocycles. The minimum atomic E-state index is -0.352. The molecule has 1 heterocycles. The molecule has 0 saturated carbocycles. The second kappa shape index (κ2) is 8.78. The van der Waals surface area contributed by atoms with Crippen LogP contribution in [0.25, 0.3) is 5.70 Å². The molecule has 1 amide bonds. The average molecular weight is 362 g/mol. The van der Waals surface area contributed by atoms with Gasteiger partial charge in [0, 0.05) is 5.56 Å². The van der Waals surface area contributed by atoms with Crippen LogP contribution in [0.5, 0.6) is 0 Å². The number of hydrogen-bond acceptors (Lipinski definition) is 4. The molecule has 2 aromatic carbocycles. The van der Waals surface area contributed by atoms with Gasteiger partial charge in [-0.3, -0.25) is 9.79 Å². The zero-order valence-corrected chi connectivity index (χ0v) is 14.9. The van der Waals surface area contributed by atoms with Gasteiger partial charge in [-0.2, -0.15) is 0 Å². The third-order valence-corrected chi connectivity index (χ3v) is 4.40. The van der Waals surface area contributed by atoms with Crippen LogP contribution in [-0.4, -0.2) is 12.6 Å². The van der Waals surface area contributed by atoms with Crippen molar-refractivity contribution < 1.29 is 9.53 Å². The van der Waals surface area contributed by atoms with E-state index in [1.165, 1.54) is 11.3 Å². The summed E-state index contributed by atoms with van der Waals surface area (Å²) in [6.45, 7) is 3.89. The third-order valence-electron chi connectivity index (χ3n) is 3.61. The van der Waals surface area contributed by atoms with Crippen molar-refractivity contribution >= 4 is 34.7 Å². The Morgan fingerprint density at radius 3 is 2.31 bits per heavy atom. The Labute approximate surface area is 156 Å². The van der Waals surface area contributed by atoms with Crippen molar-refractivity contribution in [2.24, 2.45) is 4.99 Å². The van der Waals surface area contributed by atoms with Crippen LogP contribution in [0.15, 0.2) is 88.9 Å². The van der Waals surface area contributed by atoms with E-state index in [-0.39, 0.29) is 18.3 Å². The number of benzene rings is 2. The van der Waals surface area contributed by atoms with Gasteiger partial charge < -0.3 is 10.1 Å². The van der Waals surface area contributed by atoms with Gasteiger partial charge >= 0.3 is 0 Å². The fourth-order valence-corrected chi connectivity index (χ4v) is 2.99. The minimum Gasteiger partial charge on any atom is -0.481 e. The average Bonchev–Trinajstić information content (AvgIpc) is 3.19. The van der Waals surface area contributed by atoms with Crippen molar-refractivity contribution in [3.05, 3.63) is 95.1 Å². The summed E-state index contributed by atoms with van der Waals surface area (Å²) in [6, 6.07) is 22.8. The molecule has 0 unspecified atom stereocenters. The molecule has 5 heteroatoms. The predicted molar refractivity (Wildman–Crippen MR) is 107 cm³/mol. The van der Waals surface area contributed by atoms with E-state index in [1.807, 2.05) is 78.2 Å². The predicted octanol–water partition coefficient (Wildman–Crippen LogP) is 4.97. The Bertz CT molecular complexity index is 888. The van der Waals surface area contributed by atoms with Gasteiger partial charge in [0.05, 0.1) is 5.00 Å². The number of nitrogens with one attached hydrogen (secondary N) is 1. The van der Waals surface area contributed by atoms with E-state index in [9.17, 15) is 4.79 Å². The first-order valence-corrected chi connectivity index (χ1v) is 8.94. The number of carbonyl (C=O) groups is 1. The van der Waals surface area contributed by atoms with Crippen molar-refractivity contribution in [3.63, 3.8) is 0 Å². The minimum absolute atomic E-state index is 0.142. The molecule has 4 nitrogen and oxygen atoms in total. The van der Waals surface area contributed by atoms with E-state index in [1.54, 1.807) is 0 Å². The highest BCUT2D eigenvalue weighted by Gasteiger charge is 2.19. The van der Waals surface area contributed by atoms with Gasteiger partial charge in [0.2, 0.25) is 5.76 Å². The Morgan fingerprint density at radius 1 is 1.00 bits per heavy atom. The number of anilines is 1. The number of aliphatic imine (C=N–C) groups is 1. The molecular formula is C21H18N2O2S. The van der Waals surface area contributed by atoms with Gasteiger partial charge in [-0.25, -0.2) is 0 Å². The molecule has 0 aliphatic heterocycles. The molecule has 3 rings (SSSR count). The number of hydrogen-bond donors (Lipinski definition) is 1. The molecule has 26 heavy (non-hydrogen) atoms. The zero-order chi connectivity index (χ0) is 18.2. The van der Waals surface area contributed by atoms with Gasteiger partial charge in [-0.15, -0.1) is 11.3 Å². The molecule has 0 atom stereocenters. The maximum atomic E-state index is 12.8. The van der Waals surface area contributed by atoms with Crippen molar-refractivity contribution in [2.75, 3.05) is 5.32 Å². The molecule has 130 valence electrons. The largest absolute Gasteiger partial charge is 0.481 e. The van der Waals surface area contributed by atoms with Crippen LogP contribution in [0.1, 0.15) is 11.1 Å². The topological polar surface area (TPSA) is 50.7 Å². The van der Waals surface area contributed by atoms with E-state index in [2.05, 4.69) is 17.0 Å². The molecule has 0 saturated heterocycles. The van der Waals surface area contributed by atoms with Crippen LogP contribution in [0.2, 0.25) is 0 Å². The van der Waals surface area contributed by atoms with Gasteiger partial charge in [0.1, 0.15) is 12.3 Å². The Hall–Kier alpha value is -3.18. The summed E-state index contributed by atoms with van der Waals surface area (Å²) >= 11 is 1.44. The van der Waals surface area contributed by atoms with Gasteiger partial charge in [-0.05, 0) is 29.8 Å². The number of amides is 1. The summed E-state index contributed by atoms with van der Waals surface area (Å²) in [4.78, 5) is 16.9. The molecule has 0 spiro atoms. The van der Waals surface area contributed by atoms with Crippen LogP contribution in [0.3, 0.4) is 0 Å². The summed E-state index contributed by atoms with van der Waals surface area (Å²) in [6.07, 6.45) is 0. The monoisotopic (exact) mass is 362 g/mol. The molecule has 0 aliphatic carbocycles. The van der Waals surface area contributed by atoms with Crippen LogP contribution >= 0.6 is 11.3 Å². The molecule has 0 fully saturated rings. The number of thiophene rings is 1. The molecule has 3 aromatic rings. The highest BCUT2D eigenvalue weighted by molar-refractivity contribution is 7.14. The first-order chi connectivity index (χ1) is 12.8. The summed E-state index contributed by atoms with van der Waals surface area (Å²) in [5.74, 6) is -0.210. The molecule has 1 N–H and O–H groups in total.